The molecule has 5 nitrogen and oxygen atoms in total. The zero-order valence-corrected chi connectivity index (χ0v) is 13.4. The van der Waals surface area contributed by atoms with Gasteiger partial charge in [0.25, 0.3) is 0 Å². The van der Waals surface area contributed by atoms with Crippen LogP contribution in [0.1, 0.15) is 21.7 Å². The molecule has 3 rings (SSSR count). The van der Waals surface area contributed by atoms with Gasteiger partial charge in [0.1, 0.15) is 5.75 Å². The summed E-state index contributed by atoms with van der Waals surface area (Å²) in [6.07, 6.45) is 0. The maximum absolute atomic E-state index is 12.3. The molecule has 0 atom stereocenters. The quantitative estimate of drug-likeness (QED) is 0.543. The van der Waals surface area contributed by atoms with Crippen LogP contribution in [0.2, 0.25) is 5.02 Å². The van der Waals surface area contributed by atoms with Crippen LogP contribution in [-0.4, -0.2) is 21.0 Å². The lowest BCUT2D eigenvalue weighted by atomic mass is 10.2. The van der Waals surface area contributed by atoms with Crippen molar-refractivity contribution in [3.63, 3.8) is 0 Å². The predicted molar refractivity (Wildman–Crippen MR) is 87.2 cm³/mol. The van der Waals surface area contributed by atoms with E-state index in [1.165, 1.54) is 0 Å². The van der Waals surface area contributed by atoms with Crippen molar-refractivity contribution in [3.8, 4) is 11.4 Å². The van der Waals surface area contributed by atoms with Crippen molar-refractivity contribution in [2.75, 3.05) is 0 Å². The van der Waals surface area contributed by atoms with Crippen LogP contribution in [-0.2, 0) is 0 Å². The highest BCUT2D eigenvalue weighted by molar-refractivity contribution is 6.30. The Kier molecular flexibility index (Phi) is 4.12. The van der Waals surface area contributed by atoms with Gasteiger partial charge in [-0.3, -0.25) is 0 Å². The van der Waals surface area contributed by atoms with Gasteiger partial charge in [-0.15, -0.1) is 5.10 Å². The molecule has 6 heteroatoms. The number of nitrogens with zero attached hydrogens (tertiary/aromatic N) is 3. The van der Waals surface area contributed by atoms with Gasteiger partial charge in [0.15, 0.2) is 5.69 Å². The van der Waals surface area contributed by atoms with Crippen LogP contribution in [0.15, 0.2) is 48.5 Å². The molecule has 0 aliphatic heterocycles. The van der Waals surface area contributed by atoms with Crippen molar-refractivity contribution >= 4 is 17.6 Å². The van der Waals surface area contributed by atoms with E-state index in [1.807, 2.05) is 37.3 Å². The molecule has 0 spiro atoms. The first kappa shape index (κ1) is 15.2. The maximum Gasteiger partial charge on any atom is 0.366 e. The van der Waals surface area contributed by atoms with E-state index in [1.54, 1.807) is 29.8 Å². The Labute approximate surface area is 138 Å². The number of carbonyl (C=O) groups is 1. The summed E-state index contributed by atoms with van der Waals surface area (Å²) in [5, 5.41) is 8.55. The molecule has 1 heterocycles. The minimum absolute atomic E-state index is 0.174. The molecule has 3 aromatic rings. The van der Waals surface area contributed by atoms with E-state index < -0.39 is 5.97 Å². The van der Waals surface area contributed by atoms with Gasteiger partial charge < -0.3 is 4.74 Å². The minimum Gasteiger partial charge on any atom is -0.421 e. The van der Waals surface area contributed by atoms with Gasteiger partial charge in [-0.05, 0) is 43.7 Å². The van der Waals surface area contributed by atoms with Crippen molar-refractivity contribution in [1.29, 1.82) is 0 Å². The average molecular weight is 328 g/mol. The highest BCUT2D eigenvalue weighted by Gasteiger charge is 2.20. The Morgan fingerprint density at radius 2 is 1.91 bits per heavy atom. The third-order valence-electron chi connectivity index (χ3n) is 3.44. The summed E-state index contributed by atoms with van der Waals surface area (Å²) in [7, 11) is 0. The number of aromatic nitrogens is 3. The van der Waals surface area contributed by atoms with E-state index in [9.17, 15) is 4.79 Å². The number of ether oxygens (including phenoxy) is 1. The SMILES string of the molecule is Cc1ccccc1OC(=O)c1nnn(-c2cccc(Cl)c2)c1C. The van der Waals surface area contributed by atoms with E-state index in [0.717, 1.165) is 11.3 Å². The molecule has 23 heavy (non-hydrogen) atoms. The molecule has 0 aliphatic carbocycles. The molecule has 116 valence electrons. The average Bonchev–Trinajstić information content (AvgIpc) is 2.91. The van der Waals surface area contributed by atoms with Crippen molar-refractivity contribution in [3.05, 3.63) is 70.5 Å². The summed E-state index contributed by atoms with van der Waals surface area (Å²) >= 11 is 5.99. The van der Waals surface area contributed by atoms with Crippen molar-refractivity contribution < 1.29 is 9.53 Å². The third kappa shape index (κ3) is 3.10. The molecule has 1 aromatic heterocycles. The van der Waals surface area contributed by atoms with E-state index >= 15 is 0 Å². The van der Waals surface area contributed by atoms with Gasteiger partial charge in [-0.25, -0.2) is 9.48 Å². The van der Waals surface area contributed by atoms with Crippen LogP contribution in [0.5, 0.6) is 5.75 Å². The summed E-state index contributed by atoms with van der Waals surface area (Å²) in [5.74, 6) is -0.0284. The molecular weight excluding hydrogens is 314 g/mol. The van der Waals surface area contributed by atoms with E-state index in [-0.39, 0.29) is 5.69 Å². The number of esters is 1. The maximum atomic E-state index is 12.3. The Hall–Kier alpha value is -2.66. The fraction of sp³-hybridized carbons (Fsp3) is 0.118. The highest BCUT2D eigenvalue weighted by atomic mass is 35.5. The largest absolute Gasteiger partial charge is 0.421 e. The summed E-state index contributed by atoms with van der Waals surface area (Å²) in [6.45, 7) is 3.63. The van der Waals surface area contributed by atoms with Crippen molar-refractivity contribution in [2.24, 2.45) is 0 Å². The fourth-order valence-electron chi connectivity index (χ4n) is 2.19. The Morgan fingerprint density at radius 1 is 1.13 bits per heavy atom. The van der Waals surface area contributed by atoms with Gasteiger partial charge in [-0.2, -0.15) is 0 Å². The van der Waals surface area contributed by atoms with E-state index in [2.05, 4.69) is 10.3 Å². The smallest absolute Gasteiger partial charge is 0.366 e. The van der Waals surface area contributed by atoms with Crippen LogP contribution < -0.4 is 4.74 Å². The van der Waals surface area contributed by atoms with Crippen molar-refractivity contribution in [1.82, 2.24) is 15.0 Å². The number of rotatable bonds is 3. The standard InChI is InChI=1S/C17H14ClN3O2/c1-11-6-3-4-9-15(11)23-17(22)16-12(2)21(20-19-16)14-8-5-7-13(18)10-14/h3-10H,1-2H3. The Bertz CT molecular complexity index is 874. The molecule has 0 aliphatic rings. The molecule has 0 fully saturated rings. The zero-order valence-electron chi connectivity index (χ0n) is 12.7. The van der Waals surface area contributed by atoms with E-state index in [4.69, 9.17) is 16.3 Å². The number of carbonyl (C=O) groups excluding carboxylic acids is 1. The van der Waals surface area contributed by atoms with Crippen LogP contribution in [0.4, 0.5) is 0 Å². The number of aryl methyl sites for hydroxylation is 1. The summed E-state index contributed by atoms with van der Waals surface area (Å²) < 4.78 is 6.96. The topological polar surface area (TPSA) is 57.0 Å². The van der Waals surface area contributed by atoms with Crippen molar-refractivity contribution in [2.45, 2.75) is 13.8 Å². The molecule has 2 aromatic carbocycles. The first-order valence-corrected chi connectivity index (χ1v) is 7.40. The second kappa shape index (κ2) is 6.22. The Morgan fingerprint density at radius 3 is 2.65 bits per heavy atom. The Balaban J connectivity index is 1.90. The molecule has 0 saturated carbocycles. The molecule has 0 radical (unpaired) electrons. The lowest BCUT2D eigenvalue weighted by Crippen LogP contribution is -2.12. The minimum atomic E-state index is -0.537. The highest BCUT2D eigenvalue weighted by Crippen LogP contribution is 2.20. The molecule has 0 unspecified atom stereocenters. The number of hydrogen-bond donors (Lipinski definition) is 0. The summed E-state index contributed by atoms with van der Waals surface area (Å²) in [6, 6.07) is 14.5. The lowest BCUT2D eigenvalue weighted by Gasteiger charge is -2.06. The number of para-hydroxylation sites is 1. The fourth-order valence-corrected chi connectivity index (χ4v) is 2.37. The summed E-state index contributed by atoms with van der Waals surface area (Å²) in [5.41, 5.74) is 2.37. The predicted octanol–water partition coefficient (Wildman–Crippen LogP) is 3.76. The number of benzene rings is 2. The second-order valence-electron chi connectivity index (χ2n) is 5.07. The molecule has 0 saturated heterocycles. The van der Waals surface area contributed by atoms with Crippen LogP contribution >= 0.6 is 11.6 Å². The zero-order chi connectivity index (χ0) is 16.4. The van der Waals surface area contributed by atoms with Gasteiger partial charge >= 0.3 is 5.97 Å². The van der Waals surface area contributed by atoms with Gasteiger partial charge in [0, 0.05) is 5.02 Å². The van der Waals surface area contributed by atoms with Crippen LogP contribution in [0.25, 0.3) is 5.69 Å². The van der Waals surface area contributed by atoms with E-state index in [0.29, 0.717) is 16.5 Å². The molecule has 0 N–H and O–H groups in total. The second-order valence-corrected chi connectivity index (χ2v) is 5.51. The molecule has 0 amide bonds. The van der Waals surface area contributed by atoms with Gasteiger partial charge in [0.05, 0.1) is 11.4 Å². The number of hydrogen-bond acceptors (Lipinski definition) is 4. The normalized spacial score (nSPS) is 10.6. The molecular formula is C17H14ClN3O2. The third-order valence-corrected chi connectivity index (χ3v) is 3.67. The first-order valence-electron chi connectivity index (χ1n) is 7.02. The van der Waals surface area contributed by atoms with Crippen LogP contribution in [0, 0.1) is 13.8 Å². The monoisotopic (exact) mass is 327 g/mol. The lowest BCUT2D eigenvalue weighted by molar-refractivity contribution is 0.0726. The van der Waals surface area contributed by atoms with Crippen LogP contribution in [0.3, 0.4) is 0 Å². The van der Waals surface area contributed by atoms with Gasteiger partial charge in [-0.1, -0.05) is 41.1 Å². The van der Waals surface area contributed by atoms with Gasteiger partial charge in [0.2, 0.25) is 0 Å². The number of halogens is 1. The molecule has 0 bridgehead atoms. The first-order chi connectivity index (χ1) is 11.1. The summed E-state index contributed by atoms with van der Waals surface area (Å²) in [4.78, 5) is 12.3.